The Morgan fingerprint density at radius 1 is 1.43 bits per heavy atom. The number of amides is 2. The fourth-order valence-corrected chi connectivity index (χ4v) is 5.52. The van der Waals surface area contributed by atoms with Crippen LogP contribution in [0.2, 0.25) is 10.0 Å². The third kappa shape index (κ3) is 6.31. The number of ether oxygens (including phenoxy) is 1. The lowest BCUT2D eigenvalue weighted by molar-refractivity contribution is -0.130. The largest absolute Gasteiger partial charge is 0.445 e. The van der Waals surface area contributed by atoms with Crippen LogP contribution in [0.1, 0.15) is 18.4 Å². The lowest BCUT2D eigenvalue weighted by Crippen LogP contribution is -2.53. The molecule has 2 rings (SSSR count). The highest BCUT2D eigenvalue weighted by molar-refractivity contribution is 7.90. The summed E-state index contributed by atoms with van der Waals surface area (Å²) in [6.45, 7) is -0.311. The lowest BCUT2D eigenvalue weighted by Gasteiger charge is -2.35. The first-order valence-electron chi connectivity index (χ1n) is 7.73. The first-order valence-corrected chi connectivity index (χ1v) is 11.7. The fraction of sp³-hybridized carbons (Fsp3) is 0.385. The van der Waals surface area contributed by atoms with Gasteiger partial charge in [0.15, 0.2) is 0 Å². The van der Waals surface area contributed by atoms with E-state index in [4.69, 9.17) is 38.0 Å². The maximum Gasteiger partial charge on any atom is 0.408 e. The number of carbonyl (C=O) groups is 2. The summed E-state index contributed by atoms with van der Waals surface area (Å²) in [6.07, 6.45) is -0.479. The van der Waals surface area contributed by atoms with Crippen LogP contribution in [0.15, 0.2) is 18.2 Å². The Balaban J connectivity index is 1.98. The van der Waals surface area contributed by atoms with Crippen LogP contribution in [0.3, 0.4) is 0 Å². The normalized spacial score (nSPS) is 19.8. The summed E-state index contributed by atoms with van der Waals surface area (Å²) in [7, 11) is -9.33. The zero-order valence-electron chi connectivity index (χ0n) is 14.2. The van der Waals surface area contributed by atoms with E-state index < -0.39 is 35.9 Å². The van der Waals surface area contributed by atoms with E-state index in [1.54, 1.807) is 12.1 Å². The molecule has 1 aromatic carbocycles. The average Bonchev–Trinajstić information content (AvgIpc) is 2.53. The summed E-state index contributed by atoms with van der Waals surface area (Å²) in [6, 6.07) is 3.47. The van der Waals surface area contributed by atoms with Crippen LogP contribution in [0.25, 0.3) is 0 Å². The van der Waals surface area contributed by atoms with E-state index in [2.05, 4.69) is 5.32 Å². The van der Waals surface area contributed by atoms with Crippen molar-refractivity contribution >= 4 is 53.1 Å². The number of nitrogens with zero attached hydrogens (tertiary/aromatic N) is 1. The first-order chi connectivity index (χ1) is 12.9. The van der Waals surface area contributed by atoms with Gasteiger partial charge in [-0.1, -0.05) is 29.3 Å². The molecule has 1 aliphatic rings. The molecule has 0 radical (unpaired) electrons. The fourth-order valence-electron chi connectivity index (χ4n) is 2.47. The summed E-state index contributed by atoms with van der Waals surface area (Å²) in [5, 5.41) is 3.00. The van der Waals surface area contributed by atoms with E-state index >= 15 is 0 Å². The van der Waals surface area contributed by atoms with Gasteiger partial charge in [0.25, 0.3) is 5.91 Å². The third-order valence-electron chi connectivity index (χ3n) is 3.69. The monoisotopic (exact) mass is 474 g/mol. The highest BCUT2D eigenvalue weighted by Gasteiger charge is 2.40. The molecule has 28 heavy (non-hydrogen) atoms. The quantitative estimate of drug-likeness (QED) is 0.356. The minimum Gasteiger partial charge on any atom is -0.445 e. The van der Waals surface area contributed by atoms with Gasteiger partial charge in [0, 0.05) is 22.2 Å². The van der Waals surface area contributed by atoms with Crippen LogP contribution in [-0.4, -0.2) is 42.2 Å². The number of nitrogens with two attached hydrogens (primary N) is 1. The maximum atomic E-state index is 12.4. The molecule has 11 nitrogen and oxygen atoms in total. The number of nitrogens with one attached hydrogen (secondary N) is 2. The summed E-state index contributed by atoms with van der Waals surface area (Å²) < 4.78 is 49.7. The van der Waals surface area contributed by atoms with E-state index in [0.717, 1.165) is 0 Å². The van der Waals surface area contributed by atoms with Gasteiger partial charge in [-0.3, -0.25) is 24.1 Å². The second-order valence-electron chi connectivity index (χ2n) is 5.80. The van der Waals surface area contributed by atoms with Gasteiger partial charge in [-0.15, -0.1) is 4.49 Å². The van der Waals surface area contributed by atoms with E-state index in [0.29, 0.717) is 20.3 Å². The van der Waals surface area contributed by atoms with E-state index in [1.165, 1.54) is 10.6 Å². The second-order valence-corrected chi connectivity index (χ2v) is 10.1. The van der Waals surface area contributed by atoms with Crippen molar-refractivity contribution in [3.8, 4) is 0 Å². The highest BCUT2D eigenvalue weighted by atomic mass is 35.5. The molecule has 1 aromatic rings. The Morgan fingerprint density at radius 2 is 2.11 bits per heavy atom. The SMILES string of the molecule is N[P@](=O)(NS(=O)(=O)O)N1CCC[C@@H](NC(=O)OCc2ccc(Cl)cc2Cl)C1=O. The molecule has 0 unspecified atom stereocenters. The molecule has 2 atom stereocenters. The molecule has 156 valence electrons. The predicted molar refractivity (Wildman–Crippen MR) is 101 cm³/mol. The molecule has 0 saturated carbocycles. The van der Waals surface area contributed by atoms with Crippen LogP contribution < -0.4 is 15.3 Å². The highest BCUT2D eigenvalue weighted by Crippen LogP contribution is 2.40. The van der Waals surface area contributed by atoms with Crippen molar-refractivity contribution in [2.24, 2.45) is 5.50 Å². The van der Waals surface area contributed by atoms with Gasteiger partial charge in [-0.2, -0.15) is 8.42 Å². The molecule has 1 fully saturated rings. The van der Waals surface area contributed by atoms with Crippen molar-refractivity contribution in [2.45, 2.75) is 25.5 Å². The number of hydrogen-bond acceptors (Lipinski definition) is 6. The van der Waals surface area contributed by atoms with Crippen molar-refractivity contribution in [3.05, 3.63) is 33.8 Å². The van der Waals surface area contributed by atoms with Crippen molar-refractivity contribution in [1.29, 1.82) is 0 Å². The second kappa shape index (κ2) is 8.95. The van der Waals surface area contributed by atoms with Crippen LogP contribution in [-0.2, 0) is 31.0 Å². The first kappa shape index (κ1) is 22.9. The smallest absolute Gasteiger partial charge is 0.408 e. The summed E-state index contributed by atoms with van der Waals surface area (Å²) in [4.78, 5) is 24.4. The molecule has 15 heteroatoms. The third-order valence-corrected chi connectivity index (χ3v) is 7.36. The number of carbonyl (C=O) groups excluding carboxylic acids is 2. The molecule has 0 aromatic heterocycles. The summed E-state index contributed by atoms with van der Waals surface area (Å²) in [5.41, 5.74) is 5.85. The van der Waals surface area contributed by atoms with Crippen LogP contribution in [0.5, 0.6) is 0 Å². The standard InChI is InChI=1S/C13H17Cl2N4O7PS/c14-9-4-3-8(10(15)6-9)7-26-13(21)17-11-2-1-5-19(12(11)20)27(16,22)18-28(23,24)25/h3-4,6,11H,1-2,5,7H2,(H,17,21)(H3,16,18,22)(H,23,24,25)/t11-,27+/m1/s1. The van der Waals surface area contributed by atoms with Crippen molar-refractivity contribution in [2.75, 3.05) is 6.54 Å². The predicted octanol–water partition coefficient (Wildman–Crippen LogP) is 1.67. The van der Waals surface area contributed by atoms with Gasteiger partial charge >= 0.3 is 24.0 Å². The number of alkyl carbamates (subject to hydrolysis) is 1. The average molecular weight is 475 g/mol. The molecule has 2 amide bonds. The van der Waals surface area contributed by atoms with E-state index in [9.17, 15) is 22.6 Å². The topological polar surface area (TPSA) is 168 Å². The lowest BCUT2D eigenvalue weighted by atomic mass is 10.1. The zero-order valence-corrected chi connectivity index (χ0v) is 17.4. The molecule has 0 spiro atoms. The van der Waals surface area contributed by atoms with Gasteiger partial charge in [-0.05, 0) is 25.0 Å². The van der Waals surface area contributed by atoms with Gasteiger partial charge in [0.2, 0.25) is 0 Å². The Bertz CT molecular complexity index is 929. The minimum atomic E-state index is -4.91. The van der Waals surface area contributed by atoms with E-state index in [-0.39, 0.29) is 26.0 Å². The van der Waals surface area contributed by atoms with Gasteiger partial charge in [0.05, 0.1) is 0 Å². The van der Waals surface area contributed by atoms with Gasteiger partial charge in [0.1, 0.15) is 12.6 Å². The van der Waals surface area contributed by atoms with Crippen LogP contribution in [0, 0.1) is 0 Å². The number of rotatable bonds is 6. The number of benzene rings is 1. The van der Waals surface area contributed by atoms with Gasteiger partial charge in [-0.25, -0.2) is 4.79 Å². The number of piperidine rings is 1. The molecule has 1 heterocycles. The van der Waals surface area contributed by atoms with Crippen LogP contribution >= 0.6 is 30.8 Å². The maximum absolute atomic E-state index is 12.4. The van der Waals surface area contributed by atoms with Crippen LogP contribution in [0.4, 0.5) is 4.79 Å². The Morgan fingerprint density at radius 3 is 2.71 bits per heavy atom. The number of halogens is 2. The minimum absolute atomic E-state index is 0.122. The molecular formula is C13H17Cl2N4O7PS. The Labute approximate surface area is 170 Å². The molecule has 5 N–H and O–H groups in total. The Kier molecular flexibility index (Phi) is 7.32. The van der Waals surface area contributed by atoms with Crippen molar-refractivity contribution < 1.29 is 31.9 Å². The molecule has 1 aliphatic heterocycles. The number of hydrogen-bond donors (Lipinski definition) is 4. The van der Waals surface area contributed by atoms with E-state index in [1.807, 2.05) is 0 Å². The van der Waals surface area contributed by atoms with Gasteiger partial charge < -0.3 is 10.1 Å². The zero-order chi connectivity index (χ0) is 21.1. The van der Waals surface area contributed by atoms with Crippen molar-refractivity contribution in [1.82, 2.24) is 14.5 Å². The molecular weight excluding hydrogens is 458 g/mol. The molecule has 0 bridgehead atoms. The van der Waals surface area contributed by atoms with Crippen molar-refractivity contribution in [3.63, 3.8) is 0 Å². The summed E-state index contributed by atoms with van der Waals surface area (Å²) in [5.74, 6) is -0.880. The summed E-state index contributed by atoms with van der Waals surface area (Å²) >= 11 is 11.7. The molecule has 0 aliphatic carbocycles. The molecule has 1 saturated heterocycles. The Hall–Kier alpha value is -1.40.